The Hall–Kier alpha value is -0.630. The van der Waals surface area contributed by atoms with Gasteiger partial charge in [0.05, 0.1) is 20.6 Å². The number of carbonyl (C=O) groups is 1. The molecular formula is C7H14NO+. The van der Waals surface area contributed by atoms with Crippen molar-refractivity contribution in [2.45, 2.75) is 0 Å². The van der Waals surface area contributed by atoms with Crippen LogP contribution in [0.15, 0.2) is 12.7 Å². The molecule has 0 aliphatic rings. The summed E-state index contributed by atoms with van der Waals surface area (Å²) in [6.45, 7) is 5.00. The highest BCUT2D eigenvalue weighted by atomic mass is 16.1. The van der Waals surface area contributed by atoms with Gasteiger partial charge in [-0.3, -0.25) is 4.79 Å². The van der Waals surface area contributed by atoms with Crippen LogP contribution < -0.4 is 0 Å². The molecule has 0 atom stereocenters. The van der Waals surface area contributed by atoms with E-state index in [2.05, 4.69) is 6.58 Å². The first-order valence-electron chi connectivity index (χ1n) is 2.99. The van der Waals surface area contributed by atoms with Crippen LogP contribution in [0.25, 0.3) is 0 Å². The maximum absolute atomic E-state index is 10.0. The molecule has 0 aromatic carbocycles. The number of nitrogens with zero attached hydrogens (tertiary/aromatic N) is 1. The highest BCUT2D eigenvalue weighted by molar-refractivity contribution is 5.50. The number of carbonyl (C=O) groups excluding carboxylic acids is 1. The Morgan fingerprint density at radius 2 is 2.00 bits per heavy atom. The predicted molar refractivity (Wildman–Crippen MR) is 38.1 cm³/mol. The molecule has 0 radical (unpaired) electrons. The van der Waals surface area contributed by atoms with Gasteiger partial charge in [-0.1, -0.05) is 6.58 Å². The van der Waals surface area contributed by atoms with Crippen molar-refractivity contribution < 1.29 is 9.28 Å². The third-order valence-electron chi connectivity index (χ3n) is 1.19. The van der Waals surface area contributed by atoms with Gasteiger partial charge in [0.1, 0.15) is 6.54 Å². The smallest absolute Gasteiger partial charge is 0.174 e. The van der Waals surface area contributed by atoms with Crippen molar-refractivity contribution in [3.63, 3.8) is 0 Å². The molecule has 0 aliphatic heterocycles. The zero-order valence-corrected chi connectivity index (χ0v) is 6.13. The molecule has 0 amide bonds. The standard InChI is InChI=1S/C7H14NO/c1-4-5-8(2,3)6-7-9/h4,7H,1,5-6H2,2-3H3/q+1. The Morgan fingerprint density at radius 1 is 1.44 bits per heavy atom. The van der Waals surface area contributed by atoms with Gasteiger partial charge in [-0.2, -0.15) is 0 Å². The van der Waals surface area contributed by atoms with E-state index in [0.717, 1.165) is 12.8 Å². The van der Waals surface area contributed by atoms with Crippen LogP contribution in [0, 0.1) is 0 Å². The Bertz CT molecular complexity index is 95.5. The Balaban J connectivity index is 3.68. The van der Waals surface area contributed by atoms with Gasteiger partial charge in [0, 0.05) is 0 Å². The molecule has 0 heterocycles. The van der Waals surface area contributed by atoms with E-state index in [4.69, 9.17) is 0 Å². The molecule has 0 saturated carbocycles. The summed E-state index contributed by atoms with van der Waals surface area (Å²) < 4.78 is 0.701. The number of hydrogen-bond acceptors (Lipinski definition) is 1. The normalized spacial score (nSPS) is 10.9. The van der Waals surface area contributed by atoms with Gasteiger partial charge in [-0.25, -0.2) is 0 Å². The quantitative estimate of drug-likeness (QED) is 0.305. The SMILES string of the molecule is C=CC[N+](C)(C)CC=O. The van der Waals surface area contributed by atoms with Gasteiger partial charge >= 0.3 is 0 Å². The second-order valence-corrected chi connectivity index (χ2v) is 2.76. The molecule has 0 aromatic heterocycles. The van der Waals surface area contributed by atoms with Crippen molar-refractivity contribution >= 4 is 6.29 Å². The van der Waals surface area contributed by atoms with E-state index in [1.807, 2.05) is 20.2 Å². The van der Waals surface area contributed by atoms with Gasteiger partial charge in [0.2, 0.25) is 0 Å². The van der Waals surface area contributed by atoms with E-state index in [-0.39, 0.29) is 0 Å². The zero-order valence-electron chi connectivity index (χ0n) is 6.13. The second-order valence-electron chi connectivity index (χ2n) is 2.76. The fourth-order valence-electron chi connectivity index (χ4n) is 0.626. The number of aldehydes is 1. The predicted octanol–water partition coefficient (Wildman–Crippen LogP) is 0.448. The van der Waals surface area contributed by atoms with E-state index in [1.54, 1.807) is 0 Å². The molecular weight excluding hydrogens is 114 g/mol. The number of rotatable bonds is 4. The molecule has 0 saturated heterocycles. The molecule has 0 N–H and O–H groups in total. The molecule has 0 aliphatic carbocycles. The first kappa shape index (κ1) is 8.37. The molecule has 0 fully saturated rings. The minimum absolute atomic E-state index is 0.562. The minimum atomic E-state index is 0.562. The van der Waals surface area contributed by atoms with Crippen LogP contribution in [0.1, 0.15) is 0 Å². The number of quaternary nitrogens is 1. The third-order valence-corrected chi connectivity index (χ3v) is 1.19. The molecule has 9 heavy (non-hydrogen) atoms. The Labute approximate surface area is 56.4 Å². The molecule has 0 rings (SSSR count). The summed E-state index contributed by atoms with van der Waals surface area (Å²) in [4.78, 5) is 10.0. The number of likely N-dealkylation sites (N-methyl/N-ethyl adjacent to an activating group) is 1. The van der Waals surface area contributed by atoms with E-state index in [9.17, 15) is 4.79 Å². The molecule has 0 bridgehead atoms. The van der Waals surface area contributed by atoms with E-state index >= 15 is 0 Å². The van der Waals surface area contributed by atoms with Crippen molar-refractivity contribution in [2.75, 3.05) is 27.2 Å². The van der Waals surface area contributed by atoms with E-state index in [0.29, 0.717) is 11.0 Å². The van der Waals surface area contributed by atoms with Gasteiger partial charge in [-0.15, -0.1) is 0 Å². The van der Waals surface area contributed by atoms with E-state index < -0.39 is 0 Å². The topological polar surface area (TPSA) is 17.1 Å². The monoisotopic (exact) mass is 128 g/mol. The number of hydrogen-bond donors (Lipinski definition) is 0. The lowest BCUT2D eigenvalue weighted by Gasteiger charge is -2.25. The van der Waals surface area contributed by atoms with Crippen LogP contribution in [0.2, 0.25) is 0 Å². The molecule has 0 unspecified atom stereocenters. The Kier molecular flexibility index (Phi) is 3.17. The maximum atomic E-state index is 10.0. The van der Waals surface area contributed by atoms with Crippen molar-refractivity contribution in [3.8, 4) is 0 Å². The fourth-order valence-corrected chi connectivity index (χ4v) is 0.626. The first-order valence-corrected chi connectivity index (χ1v) is 2.99. The van der Waals surface area contributed by atoms with Crippen molar-refractivity contribution in [1.29, 1.82) is 0 Å². The molecule has 52 valence electrons. The largest absolute Gasteiger partial charge is 0.319 e. The van der Waals surface area contributed by atoms with Crippen LogP contribution in [0.4, 0.5) is 0 Å². The highest BCUT2D eigenvalue weighted by Gasteiger charge is 2.09. The van der Waals surface area contributed by atoms with Crippen molar-refractivity contribution in [3.05, 3.63) is 12.7 Å². The summed E-state index contributed by atoms with van der Waals surface area (Å²) in [5.41, 5.74) is 0. The lowest BCUT2D eigenvalue weighted by molar-refractivity contribution is -0.875. The average molecular weight is 128 g/mol. The van der Waals surface area contributed by atoms with Crippen LogP contribution >= 0.6 is 0 Å². The van der Waals surface area contributed by atoms with Gasteiger partial charge in [-0.05, 0) is 6.08 Å². The molecule has 0 spiro atoms. The van der Waals surface area contributed by atoms with Gasteiger partial charge < -0.3 is 4.48 Å². The van der Waals surface area contributed by atoms with Crippen LogP contribution in [-0.4, -0.2) is 38.0 Å². The Morgan fingerprint density at radius 3 is 2.33 bits per heavy atom. The average Bonchev–Trinajstić information content (AvgIpc) is 1.64. The minimum Gasteiger partial charge on any atom is -0.319 e. The summed E-state index contributed by atoms with van der Waals surface area (Å²) in [5, 5.41) is 0. The van der Waals surface area contributed by atoms with Crippen LogP contribution in [-0.2, 0) is 4.79 Å². The maximum Gasteiger partial charge on any atom is 0.174 e. The molecule has 2 nitrogen and oxygen atoms in total. The van der Waals surface area contributed by atoms with Gasteiger partial charge in [0.25, 0.3) is 0 Å². The third kappa shape index (κ3) is 3.91. The second kappa shape index (κ2) is 3.41. The van der Waals surface area contributed by atoms with Crippen LogP contribution in [0.3, 0.4) is 0 Å². The highest BCUT2D eigenvalue weighted by Crippen LogP contribution is 1.92. The lowest BCUT2D eigenvalue weighted by atomic mass is 10.4. The summed E-state index contributed by atoms with van der Waals surface area (Å²) in [6.07, 6.45) is 2.76. The summed E-state index contributed by atoms with van der Waals surface area (Å²) in [7, 11) is 3.99. The lowest BCUT2D eigenvalue weighted by Crippen LogP contribution is -2.40. The van der Waals surface area contributed by atoms with Gasteiger partial charge in [0.15, 0.2) is 6.29 Å². The summed E-state index contributed by atoms with van der Waals surface area (Å²) >= 11 is 0. The summed E-state index contributed by atoms with van der Waals surface area (Å²) in [6, 6.07) is 0. The fraction of sp³-hybridized carbons (Fsp3) is 0.571. The molecule has 2 heteroatoms. The summed E-state index contributed by atoms with van der Waals surface area (Å²) in [5.74, 6) is 0. The van der Waals surface area contributed by atoms with Crippen LogP contribution in [0.5, 0.6) is 0 Å². The van der Waals surface area contributed by atoms with Crippen molar-refractivity contribution in [2.24, 2.45) is 0 Å². The molecule has 0 aromatic rings. The first-order chi connectivity index (χ1) is 4.12. The van der Waals surface area contributed by atoms with Crippen molar-refractivity contribution in [1.82, 2.24) is 0 Å². The zero-order chi connectivity index (χ0) is 7.33. The van der Waals surface area contributed by atoms with E-state index in [1.165, 1.54) is 0 Å².